The van der Waals surface area contributed by atoms with Crippen molar-refractivity contribution in [1.82, 2.24) is 9.62 Å². The van der Waals surface area contributed by atoms with Crippen molar-refractivity contribution >= 4 is 33.4 Å². The van der Waals surface area contributed by atoms with Crippen molar-refractivity contribution < 1.29 is 36.6 Å². The van der Waals surface area contributed by atoms with Crippen molar-refractivity contribution in [3.63, 3.8) is 0 Å². The predicted octanol–water partition coefficient (Wildman–Crippen LogP) is 3.05. The molecule has 0 spiro atoms. The molecule has 0 radical (unpaired) electrons. The van der Waals surface area contributed by atoms with Gasteiger partial charge in [0.15, 0.2) is 6.61 Å². The van der Waals surface area contributed by atoms with Crippen LogP contribution in [0.2, 0.25) is 5.02 Å². The molecule has 2 aromatic carbocycles. The summed E-state index contributed by atoms with van der Waals surface area (Å²) >= 11 is 6.05. The molecule has 2 saturated heterocycles. The number of sulfonamides is 1. The fourth-order valence-corrected chi connectivity index (χ4v) is 6.23. The second kappa shape index (κ2) is 11.7. The number of nitrogens with one attached hydrogen (secondary N) is 1. The molecule has 1 unspecified atom stereocenters. The van der Waals surface area contributed by atoms with Crippen molar-refractivity contribution in [2.75, 3.05) is 20.3 Å². The fourth-order valence-electron chi connectivity index (χ4n) is 4.93. The zero-order valence-electron chi connectivity index (χ0n) is 20.2. The summed E-state index contributed by atoms with van der Waals surface area (Å²) in [4.78, 5) is 26.6. The van der Waals surface area contributed by atoms with E-state index in [4.69, 9.17) is 21.1 Å². The lowest BCUT2D eigenvalue weighted by atomic mass is 9.99. The van der Waals surface area contributed by atoms with E-state index in [0.717, 1.165) is 12.8 Å². The fraction of sp³-hybridized carbons (Fsp3) is 0.440. The first-order chi connectivity index (χ1) is 17.6. The van der Waals surface area contributed by atoms with Crippen LogP contribution in [0.4, 0.5) is 4.39 Å². The molecule has 2 aromatic rings. The van der Waals surface area contributed by atoms with Crippen LogP contribution in [0.3, 0.4) is 0 Å². The van der Waals surface area contributed by atoms with E-state index in [1.54, 1.807) is 12.1 Å². The highest BCUT2D eigenvalue weighted by Crippen LogP contribution is 2.37. The quantitative estimate of drug-likeness (QED) is 0.480. The summed E-state index contributed by atoms with van der Waals surface area (Å²) in [5, 5.41) is 0.286. The van der Waals surface area contributed by atoms with E-state index in [2.05, 4.69) is 4.74 Å². The van der Waals surface area contributed by atoms with E-state index in [1.807, 2.05) is 9.62 Å². The average Bonchev–Trinajstić information content (AvgIpc) is 3.09. The van der Waals surface area contributed by atoms with Crippen LogP contribution in [-0.2, 0) is 30.1 Å². The third-order valence-electron chi connectivity index (χ3n) is 6.36. The minimum absolute atomic E-state index is 0.00126. The number of methoxy groups -OCH3 is 1. The topological polar surface area (TPSA) is 111 Å². The molecule has 1 N–H and O–H groups in total. The van der Waals surface area contributed by atoms with Gasteiger partial charge in [-0.25, -0.2) is 12.8 Å². The van der Waals surface area contributed by atoms with Gasteiger partial charge in [0.05, 0.1) is 5.75 Å². The number of fused-ring (bicyclic) bond motifs is 2. The summed E-state index contributed by atoms with van der Waals surface area (Å²) in [7, 11) is -2.77. The molecular weight excluding hydrogens is 527 g/mol. The smallest absolute Gasteiger partial charge is 0.261 e. The molecule has 3 atom stereocenters. The number of hydrogen-bond acceptors (Lipinski definition) is 7. The van der Waals surface area contributed by atoms with Crippen molar-refractivity contribution in [3.8, 4) is 11.5 Å². The van der Waals surface area contributed by atoms with Crippen molar-refractivity contribution in [1.29, 1.82) is 0 Å². The van der Waals surface area contributed by atoms with E-state index in [9.17, 15) is 22.4 Å². The highest BCUT2D eigenvalue weighted by Gasteiger charge is 2.44. The van der Waals surface area contributed by atoms with Gasteiger partial charge < -0.3 is 19.1 Å². The summed E-state index contributed by atoms with van der Waals surface area (Å²) in [5.74, 6) is -1.12. The Kier molecular flexibility index (Phi) is 8.56. The number of hydrogen-bond donors (Lipinski definition) is 1. The van der Waals surface area contributed by atoms with Crippen LogP contribution in [-0.4, -0.2) is 63.6 Å². The Morgan fingerprint density at radius 1 is 1.08 bits per heavy atom. The molecular formula is C25H28ClFN2O7S. The zero-order valence-corrected chi connectivity index (χ0v) is 21.8. The van der Waals surface area contributed by atoms with E-state index >= 15 is 0 Å². The van der Waals surface area contributed by atoms with Crippen LogP contribution in [0.5, 0.6) is 11.5 Å². The Balaban J connectivity index is 1.37. The molecule has 9 nitrogen and oxygen atoms in total. The molecule has 12 heteroatoms. The second-order valence-corrected chi connectivity index (χ2v) is 11.3. The molecule has 2 heterocycles. The third-order valence-corrected chi connectivity index (χ3v) is 7.82. The first kappa shape index (κ1) is 27.2. The number of halogens is 2. The Morgan fingerprint density at radius 2 is 1.76 bits per heavy atom. The Hall–Kier alpha value is -2.89. The van der Waals surface area contributed by atoms with Crippen molar-refractivity contribution in [3.05, 3.63) is 58.9 Å². The van der Waals surface area contributed by atoms with Crippen LogP contribution >= 0.6 is 11.6 Å². The number of carbonyl (C=O) groups is 2. The van der Waals surface area contributed by atoms with Gasteiger partial charge in [-0.1, -0.05) is 11.6 Å². The molecule has 2 aliphatic heterocycles. The molecule has 0 saturated carbocycles. The highest BCUT2D eigenvalue weighted by atomic mass is 35.5. The predicted molar refractivity (Wildman–Crippen MR) is 133 cm³/mol. The van der Waals surface area contributed by atoms with Gasteiger partial charge in [0.25, 0.3) is 11.8 Å². The maximum Gasteiger partial charge on any atom is 0.261 e. The Bertz CT molecular complexity index is 1230. The number of piperidine rings is 1. The molecule has 37 heavy (non-hydrogen) atoms. The van der Waals surface area contributed by atoms with Gasteiger partial charge in [-0.05, 0) is 55.3 Å². The standard InChI is InChI=1S/C25H28ClFN2O7S/c1-34-13-24(30)28-37(32,33)15-16-10-17(26)2-9-23(16)35-14-25(31)29-19-5-6-20(29)12-22(11-19)36-21-7-3-18(27)4-8-21/h2-4,7-10,19-20,22H,5-6,11-15H2,1H3,(H,28,30)/t19-,20+,22?. The molecule has 2 amide bonds. The highest BCUT2D eigenvalue weighted by molar-refractivity contribution is 7.89. The summed E-state index contributed by atoms with van der Waals surface area (Å²) in [5.41, 5.74) is 0.215. The molecule has 4 rings (SSSR count). The van der Waals surface area contributed by atoms with E-state index in [0.29, 0.717) is 18.6 Å². The zero-order chi connectivity index (χ0) is 26.6. The van der Waals surface area contributed by atoms with Gasteiger partial charge in [0.1, 0.15) is 30.0 Å². The number of ether oxygens (including phenoxy) is 3. The van der Waals surface area contributed by atoms with Crippen LogP contribution < -0.4 is 14.2 Å². The maximum atomic E-state index is 13.2. The van der Waals surface area contributed by atoms with Gasteiger partial charge in [-0.3, -0.25) is 14.3 Å². The van der Waals surface area contributed by atoms with Crippen LogP contribution in [0.25, 0.3) is 0 Å². The monoisotopic (exact) mass is 554 g/mol. The lowest BCUT2D eigenvalue weighted by Crippen LogP contribution is -2.50. The summed E-state index contributed by atoms with van der Waals surface area (Å²) in [6, 6.07) is 10.3. The van der Waals surface area contributed by atoms with Gasteiger partial charge in [0, 0.05) is 42.6 Å². The first-order valence-corrected chi connectivity index (χ1v) is 13.8. The van der Waals surface area contributed by atoms with Crippen molar-refractivity contribution in [2.45, 2.75) is 49.6 Å². The molecule has 0 aromatic heterocycles. The number of rotatable bonds is 10. The van der Waals surface area contributed by atoms with Gasteiger partial charge >= 0.3 is 0 Å². The number of benzene rings is 2. The molecule has 2 fully saturated rings. The van der Waals surface area contributed by atoms with Crippen molar-refractivity contribution in [2.24, 2.45) is 0 Å². The van der Waals surface area contributed by atoms with E-state index in [1.165, 1.54) is 37.4 Å². The Morgan fingerprint density at radius 3 is 2.41 bits per heavy atom. The second-order valence-electron chi connectivity index (χ2n) is 9.11. The van der Waals surface area contributed by atoms with Crippen LogP contribution in [0.15, 0.2) is 42.5 Å². The number of carbonyl (C=O) groups excluding carboxylic acids is 2. The lowest BCUT2D eigenvalue weighted by Gasteiger charge is -2.38. The third kappa shape index (κ3) is 7.12. The molecule has 2 bridgehead atoms. The number of amides is 2. The first-order valence-electron chi connectivity index (χ1n) is 11.8. The van der Waals surface area contributed by atoms with E-state index in [-0.39, 0.29) is 52.9 Å². The molecule has 2 aliphatic rings. The summed E-state index contributed by atoms with van der Waals surface area (Å²) in [6.07, 6.45) is 2.95. The largest absolute Gasteiger partial charge is 0.490 e. The SMILES string of the molecule is COCC(=O)NS(=O)(=O)Cc1cc(Cl)ccc1OCC(=O)N1[C@@H]2CC[C@H]1CC(Oc1ccc(F)cc1)C2. The summed E-state index contributed by atoms with van der Waals surface area (Å²) in [6.45, 7) is -0.679. The minimum Gasteiger partial charge on any atom is -0.490 e. The maximum absolute atomic E-state index is 13.2. The van der Waals surface area contributed by atoms with Crippen LogP contribution in [0, 0.1) is 5.82 Å². The van der Waals surface area contributed by atoms with Gasteiger partial charge in [-0.2, -0.15) is 0 Å². The van der Waals surface area contributed by atoms with Gasteiger partial charge in [-0.15, -0.1) is 0 Å². The summed E-state index contributed by atoms with van der Waals surface area (Å²) < 4.78 is 56.3. The Labute approximate surface area is 219 Å². The van der Waals surface area contributed by atoms with E-state index < -0.39 is 28.3 Å². The molecule has 200 valence electrons. The van der Waals surface area contributed by atoms with Gasteiger partial charge in [0.2, 0.25) is 10.0 Å². The lowest BCUT2D eigenvalue weighted by molar-refractivity contribution is -0.139. The van der Waals surface area contributed by atoms with Crippen LogP contribution in [0.1, 0.15) is 31.2 Å². The average molecular weight is 555 g/mol. The minimum atomic E-state index is -4.04. The number of nitrogens with zero attached hydrogens (tertiary/aromatic N) is 1. The normalized spacial score (nSPS) is 20.9. The molecule has 0 aliphatic carbocycles.